The molecule has 0 aromatic heterocycles. The fourth-order valence-corrected chi connectivity index (χ4v) is 1.44. The minimum atomic E-state index is 0.255. The third-order valence-corrected chi connectivity index (χ3v) is 2.26. The Hall–Kier alpha value is -0.740. The van der Waals surface area contributed by atoms with Gasteiger partial charge in [0, 0.05) is 6.54 Å². The molecule has 0 atom stereocenters. The van der Waals surface area contributed by atoms with Crippen molar-refractivity contribution in [3.8, 4) is 12.3 Å². The number of hydrogen-bond acceptors (Lipinski definition) is 1. The van der Waals surface area contributed by atoms with Crippen LogP contribution in [0.4, 0.5) is 0 Å². The van der Waals surface area contributed by atoms with Crippen molar-refractivity contribution in [1.29, 1.82) is 0 Å². The largest absolute Gasteiger partial charge is 0.316 e. The molecule has 0 saturated carbocycles. The Labute approximate surface area is 68.9 Å². The molecule has 1 aliphatic heterocycles. The number of hydrogen-bond donors (Lipinski definition) is 1. The molecule has 1 heteroatoms. The Morgan fingerprint density at radius 3 is 2.91 bits per heavy atom. The van der Waals surface area contributed by atoms with Crippen molar-refractivity contribution in [2.24, 2.45) is 5.41 Å². The van der Waals surface area contributed by atoms with Gasteiger partial charge >= 0.3 is 0 Å². The van der Waals surface area contributed by atoms with E-state index in [1.165, 1.54) is 5.57 Å². The maximum absolute atomic E-state index is 5.23. The van der Waals surface area contributed by atoms with E-state index in [2.05, 4.69) is 25.1 Å². The highest BCUT2D eigenvalue weighted by Gasteiger charge is 2.25. The summed E-state index contributed by atoms with van der Waals surface area (Å²) in [6.45, 7) is 6.56. The van der Waals surface area contributed by atoms with E-state index >= 15 is 0 Å². The van der Waals surface area contributed by atoms with E-state index in [1.807, 2.05) is 6.08 Å². The molecule has 0 aliphatic carbocycles. The van der Waals surface area contributed by atoms with E-state index in [4.69, 9.17) is 6.42 Å². The van der Waals surface area contributed by atoms with E-state index < -0.39 is 0 Å². The molecule has 60 valence electrons. The fourth-order valence-electron chi connectivity index (χ4n) is 1.44. The molecule has 1 nitrogen and oxygen atoms in total. The molecule has 0 radical (unpaired) electrons. The zero-order valence-corrected chi connectivity index (χ0v) is 7.28. The van der Waals surface area contributed by atoms with Gasteiger partial charge in [-0.05, 0) is 24.5 Å². The summed E-state index contributed by atoms with van der Waals surface area (Å²) < 4.78 is 0. The topological polar surface area (TPSA) is 12.0 Å². The summed E-state index contributed by atoms with van der Waals surface area (Å²) in [5.74, 6) is 2.60. The SMILES string of the molecule is C#C/C=C1\CCNCC1(C)C. The Morgan fingerprint density at radius 1 is 1.64 bits per heavy atom. The lowest BCUT2D eigenvalue weighted by Gasteiger charge is -2.33. The van der Waals surface area contributed by atoms with Crippen LogP contribution in [0.25, 0.3) is 0 Å². The molecule has 1 aliphatic rings. The van der Waals surface area contributed by atoms with Crippen LogP contribution < -0.4 is 5.32 Å². The van der Waals surface area contributed by atoms with Crippen LogP contribution in [0.2, 0.25) is 0 Å². The van der Waals surface area contributed by atoms with Crippen molar-refractivity contribution in [3.63, 3.8) is 0 Å². The first-order chi connectivity index (χ1) is 5.17. The zero-order chi connectivity index (χ0) is 8.32. The average Bonchev–Trinajstić information content (AvgIpc) is 1.94. The summed E-state index contributed by atoms with van der Waals surface area (Å²) >= 11 is 0. The van der Waals surface area contributed by atoms with Gasteiger partial charge in [0.05, 0.1) is 0 Å². The normalized spacial score (nSPS) is 26.5. The van der Waals surface area contributed by atoms with Crippen molar-refractivity contribution >= 4 is 0 Å². The second-order valence-corrected chi connectivity index (χ2v) is 3.65. The van der Waals surface area contributed by atoms with Gasteiger partial charge in [-0.3, -0.25) is 0 Å². The molecule has 1 heterocycles. The molecule has 1 N–H and O–H groups in total. The molecule has 1 saturated heterocycles. The molecule has 0 amide bonds. The van der Waals surface area contributed by atoms with Gasteiger partial charge in [-0.25, -0.2) is 0 Å². The standard InChI is InChI=1S/C10H15N/c1-4-5-9-6-7-11-8-10(9,2)3/h1,5,11H,6-8H2,2-3H3/b9-5+. The number of piperidine rings is 1. The summed E-state index contributed by atoms with van der Waals surface area (Å²) in [6.07, 6.45) is 8.25. The minimum Gasteiger partial charge on any atom is -0.316 e. The quantitative estimate of drug-likeness (QED) is 0.515. The lowest BCUT2D eigenvalue weighted by molar-refractivity contribution is 0.357. The smallest absolute Gasteiger partial charge is 0.00403 e. The van der Waals surface area contributed by atoms with Crippen LogP contribution in [0.3, 0.4) is 0 Å². The monoisotopic (exact) mass is 149 g/mol. The van der Waals surface area contributed by atoms with Crippen LogP contribution in [-0.4, -0.2) is 13.1 Å². The highest BCUT2D eigenvalue weighted by atomic mass is 14.9. The first-order valence-electron chi connectivity index (χ1n) is 4.03. The second kappa shape index (κ2) is 3.11. The van der Waals surface area contributed by atoms with Gasteiger partial charge < -0.3 is 5.32 Å². The molecule has 0 aromatic rings. The Bertz CT molecular complexity index is 205. The van der Waals surface area contributed by atoms with Crippen molar-refractivity contribution < 1.29 is 0 Å². The van der Waals surface area contributed by atoms with E-state index in [1.54, 1.807) is 0 Å². The maximum atomic E-state index is 5.23. The van der Waals surface area contributed by atoms with Gasteiger partial charge in [-0.15, -0.1) is 6.42 Å². The van der Waals surface area contributed by atoms with Crippen molar-refractivity contribution in [3.05, 3.63) is 11.6 Å². The summed E-state index contributed by atoms with van der Waals surface area (Å²) in [5.41, 5.74) is 1.66. The van der Waals surface area contributed by atoms with Gasteiger partial charge in [0.2, 0.25) is 0 Å². The van der Waals surface area contributed by atoms with Crippen LogP contribution in [0.1, 0.15) is 20.3 Å². The number of nitrogens with one attached hydrogen (secondary N) is 1. The van der Waals surface area contributed by atoms with Crippen LogP contribution in [0, 0.1) is 17.8 Å². The Kier molecular flexibility index (Phi) is 2.36. The molecule has 1 rings (SSSR count). The first kappa shape index (κ1) is 8.36. The third kappa shape index (κ3) is 1.85. The highest BCUT2D eigenvalue weighted by Crippen LogP contribution is 2.30. The third-order valence-electron chi connectivity index (χ3n) is 2.26. The van der Waals surface area contributed by atoms with Gasteiger partial charge in [0.1, 0.15) is 0 Å². The minimum absolute atomic E-state index is 0.255. The molecule has 1 fully saturated rings. The van der Waals surface area contributed by atoms with Crippen LogP contribution in [0.15, 0.2) is 11.6 Å². The molecule has 0 bridgehead atoms. The average molecular weight is 149 g/mol. The van der Waals surface area contributed by atoms with Gasteiger partial charge in [0.15, 0.2) is 0 Å². The van der Waals surface area contributed by atoms with Crippen LogP contribution >= 0.6 is 0 Å². The lowest BCUT2D eigenvalue weighted by Crippen LogP contribution is -2.37. The number of terminal acetylenes is 1. The predicted octanol–water partition coefficient (Wildman–Crippen LogP) is 1.57. The molecule has 0 aromatic carbocycles. The molecular weight excluding hydrogens is 134 g/mol. The highest BCUT2D eigenvalue weighted by molar-refractivity contribution is 5.24. The lowest BCUT2D eigenvalue weighted by atomic mass is 9.80. The zero-order valence-electron chi connectivity index (χ0n) is 7.28. The molecular formula is C10H15N. The first-order valence-corrected chi connectivity index (χ1v) is 4.03. The fraction of sp³-hybridized carbons (Fsp3) is 0.600. The van der Waals surface area contributed by atoms with E-state index in [-0.39, 0.29) is 5.41 Å². The maximum Gasteiger partial charge on any atom is 0.00403 e. The van der Waals surface area contributed by atoms with Gasteiger partial charge in [0.25, 0.3) is 0 Å². The van der Waals surface area contributed by atoms with Crippen molar-refractivity contribution in [1.82, 2.24) is 5.32 Å². The van der Waals surface area contributed by atoms with Crippen molar-refractivity contribution in [2.45, 2.75) is 20.3 Å². The number of rotatable bonds is 0. The van der Waals surface area contributed by atoms with Crippen molar-refractivity contribution in [2.75, 3.05) is 13.1 Å². The Morgan fingerprint density at radius 2 is 2.36 bits per heavy atom. The predicted molar refractivity (Wildman–Crippen MR) is 48.2 cm³/mol. The summed E-state index contributed by atoms with van der Waals surface area (Å²) in [5, 5.41) is 3.35. The van der Waals surface area contributed by atoms with E-state index in [0.717, 1.165) is 19.5 Å². The van der Waals surface area contributed by atoms with E-state index in [9.17, 15) is 0 Å². The Balaban J connectivity index is 2.77. The van der Waals surface area contributed by atoms with Gasteiger partial charge in [-0.2, -0.15) is 0 Å². The molecule has 0 spiro atoms. The molecule has 11 heavy (non-hydrogen) atoms. The summed E-state index contributed by atoms with van der Waals surface area (Å²) in [6, 6.07) is 0. The van der Waals surface area contributed by atoms with Crippen LogP contribution in [-0.2, 0) is 0 Å². The van der Waals surface area contributed by atoms with E-state index in [0.29, 0.717) is 0 Å². The second-order valence-electron chi connectivity index (χ2n) is 3.65. The summed E-state index contributed by atoms with van der Waals surface area (Å²) in [4.78, 5) is 0. The molecule has 0 unspecified atom stereocenters. The number of allylic oxidation sites excluding steroid dienone is 1. The summed E-state index contributed by atoms with van der Waals surface area (Å²) in [7, 11) is 0. The van der Waals surface area contributed by atoms with Crippen LogP contribution in [0.5, 0.6) is 0 Å². The van der Waals surface area contributed by atoms with Gasteiger partial charge in [-0.1, -0.05) is 25.3 Å².